The standard InChI is InChI=1S/C27H39NO3SSi/c1-19-11-12-21(24(15-19)26(30)20-9-7-8-10-20)16-23(29)17-25-28-22(18-32-25)13-14-31-33(5,6)27(2,3)4/h11-12,15,18,20H,7-10,13-14,16-17H2,1-6H3. The third kappa shape index (κ3) is 6.93. The molecule has 1 saturated carbocycles. The second-order valence-corrected chi connectivity index (χ2v) is 16.7. The molecule has 0 N–H and O–H groups in total. The predicted octanol–water partition coefficient (Wildman–Crippen LogP) is 6.74. The van der Waals surface area contributed by atoms with Crippen LogP contribution in [0, 0.1) is 12.8 Å². The van der Waals surface area contributed by atoms with Gasteiger partial charge >= 0.3 is 0 Å². The van der Waals surface area contributed by atoms with Crippen LogP contribution in [-0.4, -0.2) is 31.5 Å². The van der Waals surface area contributed by atoms with E-state index in [2.05, 4.69) is 38.8 Å². The second kappa shape index (κ2) is 10.7. The molecular weight excluding hydrogens is 446 g/mol. The van der Waals surface area contributed by atoms with Crippen LogP contribution in [0.3, 0.4) is 0 Å². The summed E-state index contributed by atoms with van der Waals surface area (Å²) in [6.07, 6.45) is 5.58. The number of Topliss-reactive ketones (excluding diaryl/α,β-unsaturated/α-hetero) is 2. The highest BCUT2D eigenvalue weighted by Gasteiger charge is 2.36. The first-order valence-electron chi connectivity index (χ1n) is 12.2. The van der Waals surface area contributed by atoms with Gasteiger partial charge in [-0.3, -0.25) is 9.59 Å². The zero-order chi connectivity index (χ0) is 24.2. The molecule has 0 bridgehead atoms. The molecule has 1 heterocycles. The van der Waals surface area contributed by atoms with Crippen LogP contribution in [0.4, 0.5) is 0 Å². The van der Waals surface area contributed by atoms with E-state index in [-0.39, 0.29) is 28.9 Å². The van der Waals surface area contributed by atoms with E-state index < -0.39 is 8.32 Å². The van der Waals surface area contributed by atoms with Crippen LogP contribution >= 0.6 is 11.3 Å². The van der Waals surface area contributed by atoms with Gasteiger partial charge in [0.15, 0.2) is 14.1 Å². The highest BCUT2D eigenvalue weighted by Crippen LogP contribution is 2.36. The minimum absolute atomic E-state index is 0.109. The number of rotatable bonds is 10. The second-order valence-electron chi connectivity index (χ2n) is 11.0. The summed E-state index contributed by atoms with van der Waals surface area (Å²) in [7, 11) is -1.76. The Kier molecular flexibility index (Phi) is 8.46. The van der Waals surface area contributed by atoms with Gasteiger partial charge in [-0.1, -0.05) is 51.3 Å². The van der Waals surface area contributed by atoms with E-state index in [1.807, 2.05) is 30.5 Å². The predicted molar refractivity (Wildman–Crippen MR) is 139 cm³/mol. The van der Waals surface area contributed by atoms with Gasteiger partial charge in [0.25, 0.3) is 0 Å². The Morgan fingerprint density at radius 2 is 1.85 bits per heavy atom. The lowest BCUT2D eigenvalue weighted by atomic mass is 9.90. The van der Waals surface area contributed by atoms with Gasteiger partial charge in [-0.15, -0.1) is 11.3 Å². The van der Waals surface area contributed by atoms with Crippen LogP contribution < -0.4 is 0 Å². The third-order valence-corrected chi connectivity index (χ3v) is 12.7. The van der Waals surface area contributed by atoms with Gasteiger partial charge in [-0.05, 0) is 49.5 Å². The van der Waals surface area contributed by atoms with E-state index in [1.165, 1.54) is 0 Å². The number of thiazole rings is 1. The van der Waals surface area contributed by atoms with Gasteiger partial charge in [0.1, 0.15) is 10.8 Å². The SMILES string of the molecule is Cc1ccc(CC(=O)Cc2nc(CCO[Si](C)(C)C(C)(C)C)cs2)c(C(=O)C2CCCC2)c1. The van der Waals surface area contributed by atoms with E-state index >= 15 is 0 Å². The first kappa shape index (κ1) is 26.0. The molecule has 0 saturated heterocycles. The fraction of sp³-hybridized carbons (Fsp3) is 0.593. The van der Waals surface area contributed by atoms with Crippen molar-refractivity contribution in [3.63, 3.8) is 0 Å². The summed E-state index contributed by atoms with van der Waals surface area (Å²) >= 11 is 1.54. The molecule has 180 valence electrons. The average Bonchev–Trinajstić information content (AvgIpc) is 3.40. The number of benzene rings is 1. The molecule has 6 heteroatoms. The van der Waals surface area contributed by atoms with Crippen LogP contribution in [-0.2, 0) is 28.5 Å². The van der Waals surface area contributed by atoms with Gasteiger partial charge in [-0.2, -0.15) is 0 Å². The summed E-state index contributed by atoms with van der Waals surface area (Å²) < 4.78 is 6.26. The number of carbonyl (C=O) groups is 2. The molecule has 0 unspecified atom stereocenters. The maximum absolute atomic E-state index is 13.1. The molecule has 0 radical (unpaired) electrons. The summed E-state index contributed by atoms with van der Waals surface area (Å²) in [5.41, 5.74) is 3.67. The number of aryl methyl sites for hydroxylation is 1. The average molecular weight is 486 g/mol. The Morgan fingerprint density at radius 1 is 1.15 bits per heavy atom. The Labute approximate surface area is 204 Å². The highest BCUT2D eigenvalue weighted by atomic mass is 32.1. The van der Waals surface area contributed by atoms with E-state index in [1.54, 1.807) is 11.3 Å². The van der Waals surface area contributed by atoms with Crippen LogP contribution in [0.2, 0.25) is 18.1 Å². The molecule has 33 heavy (non-hydrogen) atoms. The summed E-state index contributed by atoms with van der Waals surface area (Å²) in [5.74, 6) is 0.450. The molecular formula is C27H39NO3SSi. The maximum atomic E-state index is 13.1. The van der Waals surface area contributed by atoms with Gasteiger partial charge in [0.2, 0.25) is 0 Å². The molecule has 0 atom stereocenters. The van der Waals surface area contributed by atoms with Crippen LogP contribution in [0.5, 0.6) is 0 Å². The van der Waals surface area contributed by atoms with Gasteiger partial charge in [0, 0.05) is 36.3 Å². The van der Waals surface area contributed by atoms with Crippen molar-refractivity contribution in [2.24, 2.45) is 5.92 Å². The molecule has 2 aromatic rings. The van der Waals surface area contributed by atoms with Crippen molar-refractivity contribution in [3.05, 3.63) is 51.0 Å². The van der Waals surface area contributed by atoms with E-state index in [9.17, 15) is 9.59 Å². The van der Waals surface area contributed by atoms with Crippen molar-refractivity contribution in [1.29, 1.82) is 0 Å². The largest absolute Gasteiger partial charge is 0.416 e. The zero-order valence-corrected chi connectivity index (χ0v) is 22.9. The van der Waals surface area contributed by atoms with Crippen molar-refractivity contribution in [2.45, 2.75) is 90.8 Å². The Morgan fingerprint density at radius 3 is 2.52 bits per heavy atom. The van der Waals surface area contributed by atoms with Gasteiger partial charge in [-0.25, -0.2) is 4.98 Å². The highest BCUT2D eigenvalue weighted by molar-refractivity contribution is 7.09. The number of aromatic nitrogens is 1. The minimum Gasteiger partial charge on any atom is -0.416 e. The lowest BCUT2D eigenvalue weighted by Gasteiger charge is -2.36. The van der Waals surface area contributed by atoms with Crippen LogP contribution in [0.25, 0.3) is 0 Å². The fourth-order valence-corrected chi connectivity index (χ4v) is 6.00. The van der Waals surface area contributed by atoms with Crippen LogP contribution in [0.1, 0.15) is 78.6 Å². The Hall–Kier alpha value is -1.63. The molecule has 0 spiro atoms. The topological polar surface area (TPSA) is 56.3 Å². The Bertz CT molecular complexity index is 983. The zero-order valence-electron chi connectivity index (χ0n) is 21.1. The molecule has 4 nitrogen and oxygen atoms in total. The van der Waals surface area contributed by atoms with Crippen LogP contribution in [0.15, 0.2) is 23.6 Å². The quantitative estimate of drug-likeness (QED) is 0.276. The number of ketones is 2. The summed E-state index contributed by atoms with van der Waals surface area (Å²) in [6, 6.07) is 5.92. The fourth-order valence-electron chi connectivity index (χ4n) is 4.10. The molecule has 0 amide bonds. The monoisotopic (exact) mass is 485 g/mol. The number of nitrogens with zero attached hydrogens (tertiary/aromatic N) is 1. The van der Waals surface area contributed by atoms with Gasteiger partial charge in [0.05, 0.1) is 12.1 Å². The lowest BCUT2D eigenvalue weighted by molar-refractivity contribution is -0.117. The van der Waals surface area contributed by atoms with Crippen molar-refractivity contribution < 1.29 is 14.0 Å². The van der Waals surface area contributed by atoms with E-state index in [4.69, 9.17) is 4.43 Å². The summed E-state index contributed by atoms with van der Waals surface area (Å²) in [5, 5.41) is 3.08. The number of carbonyl (C=O) groups excluding carboxylic acids is 2. The van der Waals surface area contributed by atoms with Crippen molar-refractivity contribution in [1.82, 2.24) is 4.98 Å². The lowest BCUT2D eigenvalue weighted by Crippen LogP contribution is -2.41. The minimum atomic E-state index is -1.76. The molecule has 1 aromatic heterocycles. The molecule has 1 fully saturated rings. The van der Waals surface area contributed by atoms with Crippen molar-refractivity contribution >= 4 is 31.2 Å². The number of hydrogen-bond donors (Lipinski definition) is 0. The Balaban J connectivity index is 1.58. The maximum Gasteiger partial charge on any atom is 0.191 e. The van der Waals surface area contributed by atoms with E-state index in [0.717, 1.165) is 59.5 Å². The smallest absolute Gasteiger partial charge is 0.191 e. The van der Waals surface area contributed by atoms with Crippen molar-refractivity contribution in [3.8, 4) is 0 Å². The summed E-state index contributed by atoms with van der Waals surface area (Å²) in [6.45, 7) is 13.9. The molecule has 3 rings (SSSR count). The van der Waals surface area contributed by atoms with Crippen molar-refractivity contribution in [2.75, 3.05) is 6.61 Å². The third-order valence-electron chi connectivity index (χ3n) is 7.22. The molecule has 1 aliphatic rings. The normalized spacial score (nSPS) is 15.2. The number of hydrogen-bond acceptors (Lipinski definition) is 5. The van der Waals surface area contributed by atoms with Gasteiger partial charge < -0.3 is 4.43 Å². The first-order chi connectivity index (χ1) is 15.5. The summed E-state index contributed by atoms with van der Waals surface area (Å²) in [4.78, 5) is 30.6. The first-order valence-corrected chi connectivity index (χ1v) is 16.0. The molecule has 0 aliphatic heterocycles. The molecule has 1 aromatic carbocycles. The van der Waals surface area contributed by atoms with E-state index in [0.29, 0.717) is 13.0 Å². The molecule has 1 aliphatic carbocycles.